The zero-order valence-corrected chi connectivity index (χ0v) is 10.5. The Balaban J connectivity index is 2.27. The molecule has 3 nitrogen and oxygen atoms in total. The largest absolute Gasteiger partial charge is 0.483 e. The van der Waals surface area contributed by atoms with Crippen molar-refractivity contribution in [1.82, 2.24) is 4.98 Å². The van der Waals surface area contributed by atoms with E-state index in [4.69, 9.17) is 10.5 Å². The van der Waals surface area contributed by atoms with Crippen molar-refractivity contribution in [3.8, 4) is 5.75 Å². The van der Waals surface area contributed by atoms with Crippen LogP contribution >= 0.6 is 0 Å². The van der Waals surface area contributed by atoms with Gasteiger partial charge in [0.25, 0.3) is 0 Å². The molecule has 18 heavy (non-hydrogen) atoms. The van der Waals surface area contributed by atoms with Gasteiger partial charge in [-0.1, -0.05) is 24.3 Å². The molecule has 0 radical (unpaired) electrons. The Labute approximate surface area is 108 Å². The Hall–Kier alpha value is -1.87. The minimum Gasteiger partial charge on any atom is -0.483 e. The van der Waals surface area contributed by atoms with E-state index < -0.39 is 5.60 Å². The van der Waals surface area contributed by atoms with Crippen LogP contribution in [0.3, 0.4) is 0 Å². The molecule has 0 aliphatic rings. The third kappa shape index (κ3) is 2.87. The van der Waals surface area contributed by atoms with Gasteiger partial charge in [-0.25, -0.2) is 0 Å². The second-order valence-corrected chi connectivity index (χ2v) is 4.43. The smallest absolute Gasteiger partial charge is 0.134 e. The van der Waals surface area contributed by atoms with Crippen LogP contribution in [0, 0.1) is 0 Å². The zero-order chi connectivity index (χ0) is 12.8. The van der Waals surface area contributed by atoms with Crippen LogP contribution < -0.4 is 10.5 Å². The summed E-state index contributed by atoms with van der Waals surface area (Å²) in [4.78, 5) is 4.15. The van der Waals surface area contributed by atoms with E-state index in [1.165, 1.54) is 0 Å². The lowest BCUT2D eigenvalue weighted by atomic mass is 9.93. The standard InChI is InChI=1S/C15H18N2O/c1-15(9-10-16,13-6-5-11-17-12-13)18-14-7-3-2-4-8-14/h2-8,11-12H,9-10,16H2,1H3. The average molecular weight is 242 g/mol. The molecule has 0 aliphatic carbocycles. The maximum atomic E-state index is 6.11. The second-order valence-electron chi connectivity index (χ2n) is 4.43. The number of ether oxygens (including phenoxy) is 1. The summed E-state index contributed by atoms with van der Waals surface area (Å²) in [6, 6.07) is 13.7. The zero-order valence-electron chi connectivity index (χ0n) is 10.5. The van der Waals surface area contributed by atoms with Crippen molar-refractivity contribution in [1.29, 1.82) is 0 Å². The van der Waals surface area contributed by atoms with Gasteiger partial charge in [0.1, 0.15) is 11.4 Å². The van der Waals surface area contributed by atoms with Crippen LogP contribution in [-0.2, 0) is 5.60 Å². The van der Waals surface area contributed by atoms with Crippen LogP contribution in [0.1, 0.15) is 18.9 Å². The molecule has 1 heterocycles. The fourth-order valence-electron chi connectivity index (χ4n) is 1.95. The third-order valence-corrected chi connectivity index (χ3v) is 2.98. The highest BCUT2D eigenvalue weighted by Crippen LogP contribution is 2.30. The fourth-order valence-corrected chi connectivity index (χ4v) is 1.95. The first-order valence-electron chi connectivity index (χ1n) is 6.09. The number of nitrogens with two attached hydrogens (primary N) is 1. The molecule has 0 spiro atoms. The molecule has 2 N–H and O–H groups in total. The number of para-hydroxylation sites is 1. The van der Waals surface area contributed by atoms with E-state index in [1.54, 1.807) is 6.20 Å². The first-order chi connectivity index (χ1) is 8.74. The van der Waals surface area contributed by atoms with Crippen LogP contribution in [0.25, 0.3) is 0 Å². The van der Waals surface area contributed by atoms with Crippen LogP contribution in [0.5, 0.6) is 5.75 Å². The molecule has 1 aromatic heterocycles. The van der Waals surface area contributed by atoms with Crippen LogP contribution in [-0.4, -0.2) is 11.5 Å². The minimum atomic E-state index is -0.440. The topological polar surface area (TPSA) is 48.1 Å². The van der Waals surface area contributed by atoms with Gasteiger partial charge in [0.05, 0.1) is 0 Å². The molecule has 1 unspecified atom stereocenters. The summed E-state index contributed by atoms with van der Waals surface area (Å²) < 4.78 is 6.11. The van der Waals surface area contributed by atoms with Gasteiger partial charge in [-0.3, -0.25) is 4.98 Å². The first kappa shape index (κ1) is 12.6. The van der Waals surface area contributed by atoms with Gasteiger partial charge in [0.15, 0.2) is 0 Å². The van der Waals surface area contributed by atoms with Crippen LogP contribution in [0.2, 0.25) is 0 Å². The number of benzene rings is 1. The average Bonchev–Trinajstić information content (AvgIpc) is 2.41. The summed E-state index contributed by atoms with van der Waals surface area (Å²) in [6.07, 6.45) is 4.33. The summed E-state index contributed by atoms with van der Waals surface area (Å²) in [5, 5.41) is 0. The Morgan fingerprint density at radius 3 is 2.56 bits per heavy atom. The van der Waals surface area contributed by atoms with Gasteiger partial charge < -0.3 is 10.5 Å². The van der Waals surface area contributed by atoms with E-state index in [0.717, 1.165) is 17.7 Å². The van der Waals surface area contributed by atoms with Crippen molar-refractivity contribution in [2.45, 2.75) is 18.9 Å². The number of rotatable bonds is 5. The minimum absolute atomic E-state index is 0.440. The molecule has 1 atom stereocenters. The Kier molecular flexibility index (Phi) is 3.95. The van der Waals surface area contributed by atoms with E-state index >= 15 is 0 Å². The Bertz CT molecular complexity index is 472. The predicted octanol–water partition coefficient (Wildman–Crippen LogP) is 2.72. The van der Waals surface area contributed by atoms with Gasteiger partial charge >= 0.3 is 0 Å². The molecule has 0 amide bonds. The molecule has 3 heteroatoms. The molecular formula is C15H18N2O. The quantitative estimate of drug-likeness (QED) is 0.877. The molecular weight excluding hydrogens is 224 g/mol. The van der Waals surface area contributed by atoms with Gasteiger partial charge in [-0.2, -0.15) is 0 Å². The number of hydrogen-bond donors (Lipinski definition) is 1. The van der Waals surface area contributed by atoms with Crippen LogP contribution in [0.4, 0.5) is 0 Å². The summed E-state index contributed by atoms with van der Waals surface area (Å²) in [7, 11) is 0. The second kappa shape index (κ2) is 5.65. The Morgan fingerprint density at radius 1 is 1.17 bits per heavy atom. The van der Waals surface area contributed by atoms with E-state index in [0.29, 0.717) is 6.54 Å². The molecule has 0 saturated carbocycles. The van der Waals surface area contributed by atoms with Crippen molar-refractivity contribution in [2.24, 2.45) is 5.73 Å². The van der Waals surface area contributed by atoms with Crippen molar-refractivity contribution < 1.29 is 4.74 Å². The molecule has 1 aromatic carbocycles. The molecule has 0 aliphatic heterocycles. The first-order valence-corrected chi connectivity index (χ1v) is 6.09. The van der Waals surface area contributed by atoms with Gasteiger partial charge in [-0.05, 0) is 31.7 Å². The lowest BCUT2D eigenvalue weighted by molar-refractivity contribution is 0.0793. The maximum absolute atomic E-state index is 6.11. The van der Waals surface area contributed by atoms with Crippen molar-refractivity contribution in [3.63, 3.8) is 0 Å². The van der Waals surface area contributed by atoms with Gasteiger partial charge in [0.2, 0.25) is 0 Å². The van der Waals surface area contributed by atoms with Crippen molar-refractivity contribution >= 4 is 0 Å². The van der Waals surface area contributed by atoms with Gasteiger partial charge in [0, 0.05) is 24.4 Å². The Morgan fingerprint density at radius 2 is 1.94 bits per heavy atom. The highest BCUT2D eigenvalue weighted by molar-refractivity contribution is 5.25. The van der Waals surface area contributed by atoms with E-state index in [1.807, 2.05) is 55.6 Å². The van der Waals surface area contributed by atoms with E-state index in [2.05, 4.69) is 4.98 Å². The lowest BCUT2D eigenvalue weighted by Gasteiger charge is -2.30. The van der Waals surface area contributed by atoms with E-state index in [-0.39, 0.29) is 0 Å². The SMILES string of the molecule is CC(CCN)(Oc1ccccc1)c1cccnc1. The highest BCUT2D eigenvalue weighted by Gasteiger charge is 2.28. The number of hydrogen-bond acceptors (Lipinski definition) is 3. The maximum Gasteiger partial charge on any atom is 0.134 e. The molecule has 2 aromatic rings. The number of nitrogens with zero attached hydrogens (tertiary/aromatic N) is 1. The normalized spacial score (nSPS) is 13.9. The number of pyridine rings is 1. The van der Waals surface area contributed by atoms with E-state index in [9.17, 15) is 0 Å². The third-order valence-electron chi connectivity index (χ3n) is 2.98. The molecule has 0 bridgehead atoms. The van der Waals surface area contributed by atoms with Crippen LogP contribution in [0.15, 0.2) is 54.9 Å². The lowest BCUT2D eigenvalue weighted by Crippen LogP contribution is -2.32. The fraction of sp³-hybridized carbons (Fsp3) is 0.267. The number of aromatic nitrogens is 1. The molecule has 2 rings (SSSR count). The monoisotopic (exact) mass is 242 g/mol. The molecule has 0 saturated heterocycles. The van der Waals surface area contributed by atoms with Crippen molar-refractivity contribution in [3.05, 3.63) is 60.4 Å². The van der Waals surface area contributed by atoms with Crippen molar-refractivity contribution in [2.75, 3.05) is 6.54 Å². The predicted molar refractivity (Wildman–Crippen MR) is 72.3 cm³/mol. The molecule has 0 fully saturated rings. The van der Waals surface area contributed by atoms with Gasteiger partial charge in [-0.15, -0.1) is 0 Å². The summed E-state index contributed by atoms with van der Waals surface area (Å²) in [6.45, 7) is 2.61. The highest BCUT2D eigenvalue weighted by atomic mass is 16.5. The summed E-state index contributed by atoms with van der Waals surface area (Å²) in [5.41, 5.74) is 6.31. The summed E-state index contributed by atoms with van der Waals surface area (Å²) in [5.74, 6) is 0.845. The molecule has 94 valence electrons. The summed E-state index contributed by atoms with van der Waals surface area (Å²) >= 11 is 0.